The van der Waals surface area contributed by atoms with Crippen molar-refractivity contribution in [1.29, 1.82) is 0 Å². The lowest BCUT2D eigenvalue weighted by Crippen LogP contribution is -2.35. The van der Waals surface area contributed by atoms with Crippen molar-refractivity contribution >= 4 is 0 Å². The Kier molecular flexibility index (Phi) is 7.78. The highest BCUT2D eigenvalue weighted by atomic mass is 15.1. The van der Waals surface area contributed by atoms with Crippen LogP contribution in [0.2, 0.25) is 0 Å². The maximum atomic E-state index is 2.55. The average Bonchev–Trinajstić information content (AvgIpc) is 2.56. The topological polar surface area (TPSA) is 3.24 Å². The highest BCUT2D eigenvalue weighted by Crippen LogP contribution is 2.25. The molecule has 0 spiro atoms. The molecule has 0 radical (unpaired) electrons. The Morgan fingerprint density at radius 3 is 2.79 bits per heavy atom. The molecule has 24 heavy (non-hydrogen) atoms. The Morgan fingerprint density at radius 2 is 2.00 bits per heavy atom. The minimum absolute atomic E-state index is 0.684. The molecular weight excluding hydrogens is 290 g/mol. The highest BCUT2D eigenvalue weighted by molar-refractivity contribution is 5.32. The standard InChI is InChI=1S/C23H35N/c1-5-9-21-12-8-13-23(17-21)24(4)18-22-11-7-6-10-19(2)16-20(3)14-15-22/h7-8,11-12,14-16,21,23H,5-6,9-10,13,17-18H2,1-4H3/b11-7?,19-16-,20-14+,22-15?. The Labute approximate surface area is 149 Å². The predicted molar refractivity (Wildman–Crippen MR) is 107 cm³/mol. The molecule has 2 unspecified atom stereocenters. The quantitative estimate of drug-likeness (QED) is 0.542. The van der Waals surface area contributed by atoms with Crippen LogP contribution in [0.25, 0.3) is 0 Å². The molecule has 132 valence electrons. The van der Waals surface area contributed by atoms with E-state index in [0.717, 1.165) is 25.3 Å². The van der Waals surface area contributed by atoms with Crippen molar-refractivity contribution in [3.63, 3.8) is 0 Å². The van der Waals surface area contributed by atoms with E-state index in [2.05, 4.69) is 75.3 Å². The Bertz CT molecular complexity index is 544. The zero-order chi connectivity index (χ0) is 17.4. The first-order valence-electron chi connectivity index (χ1n) is 9.66. The van der Waals surface area contributed by atoms with Gasteiger partial charge in [0.25, 0.3) is 0 Å². The fourth-order valence-corrected chi connectivity index (χ4v) is 3.77. The van der Waals surface area contributed by atoms with E-state index < -0.39 is 0 Å². The molecule has 0 aromatic heterocycles. The van der Waals surface area contributed by atoms with E-state index in [9.17, 15) is 0 Å². The van der Waals surface area contributed by atoms with E-state index in [-0.39, 0.29) is 0 Å². The van der Waals surface area contributed by atoms with Gasteiger partial charge in [-0.2, -0.15) is 0 Å². The molecular formula is C23H35N. The molecule has 0 aromatic rings. The third-order valence-electron chi connectivity index (χ3n) is 5.18. The van der Waals surface area contributed by atoms with Crippen molar-refractivity contribution in [3.05, 3.63) is 59.3 Å². The van der Waals surface area contributed by atoms with Crippen molar-refractivity contribution in [2.45, 2.75) is 65.3 Å². The normalized spacial score (nSPS) is 29.6. The van der Waals surface area contributed by atoms with E-state index in [0.29, 0.717) is 6.04 Å². The SMILES string of the molecule is CCCC1C=CCC(N(C)CC2=C/C=C(C)/C=C(/C)CCC=C2)C1. The van der Waals surface area contributed by atoms with Gasteiger partial charge in [0, 0.05) is 12.6 Å². The summed E-state index contributed by atoms with van der Waals surface area (Å²) >= 11 is 0. The van der Waals surface area contributed by atoms with Crippen LogP contribution in [0.4, 0.5) is 0 Å². The summed E-state index contributed by atoms with van der Waals surface area (Å²) in [7, 11) is 2.29. The van der Waals surface area contributed by atoms with Gasteiger partial charge < -0.3 is 0 Å². The molecule has 0 aromatic carbocycles. The molecule has 0 heterocycles. The minimum Gasteiger partial charge on any atom is -0.299 e. The van der Waals surface area contributed by atoms with Gasteiger partial charge in [-0.05, 0) is 64.5 Å². The van der Waals surface area contributed by atoms with Gasteiger partial charge in [-0.25, -0.2) is 0 Å². The molecule has 2 aliphatic rings. The second-order valence-corrected chi connectivity index (χ2v) is 7.60. The smallest absolute Gasteiger partial charge is 0.0233 e. The zero-order valence-corrected chi connectivity index (χ0v) is 16.1. The first-order valence-corrected chi connectivity index (χ1v) is 9.66. The summed E-state index contributed by atoms with van der Waals surface area (Å²) in [6.45, 7) is 7.77. The summed E-state index contributed by atoms with van der Waals surface area (Å²) in [5.41, 5.74) is 4.25. The third-order valence-corrected chi connectivity index (χ3v) is 5.18. The lowest BCUT2D eigenvalue weighted by atomic mass is 9.88. The molecule has 2 aliphatic carbocycles. The highest BCUT2D eigenvalue weighted by Gasteiger charge is 2.21. The Balaban J connectivity index is 2.02. The number of allylic oxidation sites excluding steroid dienone is 7. The number of nitrogens with zero attached hydrogens (tertiary/aromatic N) is 1. The summed E-state index contributed by atoms with van der Waals surface area (Å²) in [4.78, 5) is 2.55. The van der Waals surface area contributed by atoms with Gasteiger partial charge in [0.15, 0.2) is 0 Å². The average molecular weight is 326 g/mol. The molecule has 0 saturated heterocycles. The van der Waals surface area contributed by atoms with E-state index in [1.165, 1.54) is 42.4 Å². The summed E-state index contributed by atoms with van der Waals surface area (Å²) in [6, 6.07) is 0.684. The van der Waals surface area contributed by atoms with Gasteiger partial charge in [-0.3, -0.25) is 4.90 Å². The molecule has 1 nitrogen and oxygen atoms in total. The van der Waals surface area contributed by atoms with Crippen LogP contribution in [0.1, 0.15) is 59.3 Å². The zero-order valence-electron chi connectivity index (χ0n) is 16.1. The fourth-order valence-electron chi connectivity index (χ4n) is 3.77. The van der Waals surface area contributed by atoms with E-state index >= 15 is 0 Å². The van der Waals surface area contributed by atoms with Crippen molar-refractivity contribution in [1.82, 2.24) is 4.90 Å². The monoisotopic (exact) mass is 325 g/mol. The maximum absolute atomic E-state index is 2.55. The first-order chi connectivity index (χ1) is 11.6. The van der Waals surface area contributed by atoms with Gasteiger partial charge >= 0.3 is 0 Å². The molecule has 0 aliphatic heterocycles. The predicted octanol–water partition coefficient (Wildman–Crippen LogP) is 6.22. The first kappa shape index (κ1) is 19.0. The van der Waals surface area contributed by atoms with Crippen LogP contribution in [0.3, 0.4) is 0 Å². The van der Waals surface area contributed by atoms with Crippen LogP contribution in [-0.2, 0) is 0 Å². The van der Waals surface area contributed by atoms with Crippen molar-refractivity contribution < 1.29 is 0 Å². The fraction of sp³-hybridized carbons (Fsp3) is 0.565. The summed E-state index contributed by atoms with van der Waals surface area (Å²) in [5, 5.41) is 0. The van der Waals surface area contributed by atoms with Crippen LogP contribution in [0.15, 0.2) is 59.3 Å². The van der Waals surface area contributed by atoms with Gasteiger partial charge in [-0.15, -0.1) is 0 Å². The molecule has 0 saturated carbocycles. The van der Waals surface area contributed by atoms with Crippen molar-refractivity contribution in [3.8, 4) is 0 Å². The summed E-state index contributed by atoms with van der Waals surface area (Å²) < 4.78 is 0. The molecule has 1 heteroatoms. The van der Waals surface area contributed by atoms with Crippen LogP contribution >= 0.6 is 0 Å². The molecule has 2 rings (SSSR count). The van der Waals surface area contributed by atoms with Crippen LogP contribution < -0.4 is 0 Å². The summed E-state index contributed by atoms with van der Waals surface area (Å²) in [5.74, 6) is 0.778. The minimum atomic E-state index is 0.684. The van der Waals surface area contributed by atoms with Crippen molar-refractivity contribution in [2.75, 3.05) is 13.6 Å². The Hall–Kier alpha value is -1.34. The molecule has 0 bridgehead atoms. The molecule has 0 N–H and O–H groups in total. The molecule has 0 fully saturated rings. The number of hydrogen-bond donors (Lipinski definition) is 0. The molecule has 0 amide bonds. The second-order valence-electron chi connectivity index (χ2n) is 7.60. The Morgan fingerprint density at radius 1 is 1.17 bits per heavy atom. The van der Waals surface area contributed by atoms with Gasteiger partial charge in [0.1, 0.15) is 0 Å². The number of rotatable bonds is 5. The van der Waals surface area contributed by atoms with E-state index in [1.807, 2.05) is 0 Å². The van der Waals surface area contributed by atoms with Crippen LogP contribution in [0, 0.1) is 5.92 Å². The number of hydrogen-bond acceptors (Lipinski definition) is 1. The van der Waals surface area contributed by atoms with Gasteiger partial charge in [0.05, 0.1) is 0 Å². The second kappa shape index (κ2) is 9.84. The largest absolute Gasteiger partial charge is 0.299 e. The lowest BCUT2D eigenvalue weighted by molar-refractivity contribution is 0.222. The van der Waals surface area contributed by atoms with Crippen molar-refractivity contribution in [2.24, 2.45) is 5.92 Å². The summed E-state index contributed by atoms with van der Waals surface area (Å²) in [6.07, 6.45) is 23.8. The van der Waals surface area contributed by atoms with Gasteiger partial charge in [-0.1, -0.05) is 67.0 Å². The van der Waals surface area contributed by atoms with E-state index in [1.54, 1.807) is 0 Å². The van der Waals surface area contributed by atoms with Crippen LogP contribution in [0.5, 0.6) is 0 Å². The van der Waals surface area contributed by atoms with Gasteiger partial charge in [0.2, 0.25) is 0 Å². The molecule has 2 atom stereocenters. The van der Waals surface area contributed by atoms with Crippen LogP contribution in [-0.4, -0.2) is 24.5 Å². The van der Waals surface area contributed by atoms with E-state index in [4.69, 9.17) is 0 Å². The third kappa shape index (κ3) is 6.28. The number of likely N-dealkylation sites (N-methyl/N-ethyl adjacent to an activating group) is 1. The maximum Gasteiger partial charge on any atom is 0.0233 e. The lowest BCUT2D eigenvalue weighted by Gasteiger charge is -2.32.